The number of fused-ring (bicyclic) bond motifs is 1. The van der Waals surface area contributed by atoms with Crippen molar-refractivity contribution in [2.75, 3.05) is 21.2 Å². The molecule has 2 N–H and O–H groups in total. The molecule has 27 heavy (non-hydrogen) atoms. The van der Waals surface area contributed by atoms with E-state index in [4.69, 9.17) is 26.2 Å². The number of primary sulfonamides is 1. The highest BCUT2D eigenvalue weighted by Gasteiger charge is 2.47. The van der Waals surface area contributed by atoms with Gasteiger partial charge in [-0.2, -0.15) is 0 Å². The molecule has 2 aromatic carbocycles. The van der Waals surface area contributed by atoms with Crippen LogP contribution in [0.4, 0.5) is 0 Å². The fraction of sp³-hybridized carbons (Fsp3) is 0.333. The molecule has 2 aromatic rings. The first-order valence-corrected chi connectivity index (χ1v) is 11.1. The van der Waals surface area contributed by atoms with Crippen LogP contribution in [0.5, 0.6) is 11.5 Å². The average Bonchev–Trinajstić information content (AvgIpc) is 2.59. The van der Waals surface area contributed by atoms with Crippen molar-refractivity contribution in [3.8, 4) is 11.5 Å². The lowest BCUT2D eigenvalue weighted by Gasteiger charge is -2.44. The number of benzene rings is 2. The van der Waals surface area contributed by atoms with Crippen LogP contribution in [0.15, 0.2) is 41.3 Å². The summed E-state index contributed by atoms with van der Waals surface area (Å²) in [5.41, 5.74) is 1.56. The average molecular weight is 523 g/mol. The summed E-state index contributed by atoms with van der Waals surface area (Å²) < 4.78 is 35.3. The van der Waals surface area contributed by atoms with Crippen molar-refractivity contribution in [3.63, 3.8) is 0 Å². The number of halogens is 2. The zero-order valence-electron chi connectivity index (χ0n) is 15.1. The molecule has 0 spiro atoms. The Labute approximate surface area is 177 Å². The Kier molecular flexibility index (Phi) is 5.66. The van der Waals surface area contributed by atoms with Crippen molar-refractivity contribution >= 4 is 44.2 Å². The third-order valence-electron chi connectivity index (χ3n) is 4.65. The number of nitrogens with zero attached hydrogens (tertiary/aromatic N) is 1. The second kappa shape index (κ2) is 7.40. The van der Waals surface area contributed by atoms with E-state index in [1.54, 1.807) is 25.3 Å². The number of hydrogen-bond donors (Lipinski definition) is 1. The first kappa shape index (κ1) is 20.7. The predicted octanol–water partition coefficient (Wildman–Crippen LogP) is 3.15. The zero-order chi connectivity index (χ0) is 20.0. The summed E-state index contributed by atoms with van der Waals surface area (Å²) >= 11 is 8.26. The Balaban J connectivity index is 2.25. The summed E-state index contributed by atoms with van der Waals surface area (Å²) in [6.45, 7) is 0. The molecule has 0 bridgehead atoms. The molecule has 146 valence electrons. The Morgan fingerprint density at radius 1 is 1.26 bits per heavy atom. The number of rotatable bonds is 4. The minimum Gasteiger partial charge on any atom is -0.496 e. The maximum Gasteiger partial charge on any atom is 0.241 e. The normalized spacial score (nSPS) is 22.3. The summed E-state index contributed by atoms with van der Waals surface area (Å²) in [5.74, 6) is 0.804. The van der Waals surface area contributed by atoms with Crippen LogP contribution in [0.1, 0.15) is 11.1 Å². The number of nitrogens with two attached hydrogens (primary N) is 1. The van der Waals surface area contributed by atoms with Crippen molar-refractivity contribution in [2.24, 2.45) is 5.14 Å². The van der Waals surface area contributed by atoms with Gasteiger partial charge in [-0.1, -0.05) is 23.7 Å². The molecule has 9 heteroatoms. The zero-order valence-corrected chi connectivity index (χ0v) is 18.8. The fourth-order valence-electron chi connectivity index (χ4n) is 3.29. The third-order valence-corrected chi connectivity index (χ3v) is 7.39. The molecular formula is C18H20ClIN2O4S. The quantitative estimate of drug-likeness (QED) is 0.493. The first-order valence-electron chi connectivity index (χ1n) is 8.11. The van der Waals surface area contributed by atoms with E-state index in [0.717, 1.165) is 5.56 Å². The molecule has 1 aliphatic heterocycles. The Bertz CT molecular complexity index is 966. The summed E-state index contributed by atoms with van der Waals surface area (Å²) in [6.07, 6.45) is 0.528. The maximum atomic E-state index is 12.1. The lowest BCUT2D eigenvalue weighted by molar-refractivity contribution is 0.0590. The summed E-state index contributed by atoms with van der Waals surface area (Å²) in [6, 6.07) is 10.3. The van der Waals surface area contributed by atoms with Gasteiger partial charge < -0.3 is 14.4 Å². The molecular weight excluding hydrogens is 503 g/mol. The molecule has 0 radical (unpaired) electrons. The summed E-state index contributed by atoms with van der Waals surface area (Å²) in [4.78, 5) is 2.00. The van der Waals surface area contributed by atoms with E-state index in [2.05, 4.69) is 22.6 Å². The van der Waals surface area contributed by atoms with Gasteiger partial charge in [-0.25, -0.2) is 13.6 Å². The first-order chi connectivity index (χ1) is 12.6. The monoisotopic (exact) mass is 522 g/mol. The van der Waals surface area contributed by atoms with Gasteiger partial charge in [0.05, 0.1) is 13.2 Å². The molecule has 0 amide bonds. The third kappa shape index (κ3) is 3.77. The molecule has 2 atom stereocenters. The van der Waals surface area contributed by atoms with Crippen LogP contribution in [0.25, 0.3) is 0 Å². The molecule has 0 aromatic heterocycles. The summed E-state index contributed by atoms with van der Waals surface area (Å²) in [7, 11) is 1.49. The largest absolute Gasteiger partial charge is 0.496 e. The van der Waals surface area contributed by atoms with Gasteiger partial charge in [0.15, 0.2) is 3.61 Å². The Hall–Kier alpha value is -1.07. The second-order valence-corrected chi connectivity index (χ2v) is 10.1. The molecule has 6 nitrogen and oxygen atoms in total. The van der Waals surface area contributed by atoms with Crippen LogP contribution < -0.4 is 14.6 Å². The van der Waals surface area contributed by atoms with E-state index in [1.165, 1.54) is 6.07 Å². The smallest absolute Gasteiger partial charge is 0.241 e. The van der Waals surface area contributed by atoms with E-state index in [1.807, 2.05) is 31.1 Å². The molecule has 0 aliphatic carbocycles. The number of ether oxygens (including phenoxy) is 2. The molecule has 3 rings (SSSR count). The van der Waals surface area contributed by atoms with E-state index < -0.39 is 13.6 Å². The minimum absolute atomic E-state index is 0.0505. The SMILES string of the molecule is COc1ccc(S(N)(=O)=O)c2c1CC(N(C)C)C(I)(c1ccc(Cl)cc1)O2. The van der Waals surface area contributed by atoms with Crippen molar-refractivity contribution in [3.05, 3.63) is 52.5 Å². The van der Waals surface area contributed by atoms with Crippen molar-refractivity contribution in [2.45, 2.75) is 21.0 Å². The van der Waals surface area contributed by atoms with Gasteiger partial charge in [0.2, 0.25) is 10.0 Å². The van der Waals surface area contributed by atoms with Crippen LogP contribution >= 0.6 is 34.2 Å². The van der Waals surface area contributed by atoms with E-state index in [0.29, 0.717) is 22.8 Å². The second-order valence-electron chi connectivity index (χ2n) is 6.56. The van der Waals surface area contributed by atoms with Gasteiger partial charge in [-0.3, -0.25) is 0 Å². The van der Waals surface area contributed by atoms with Crippen LogP contribution in [-0.2, 0) is 20.1 Å². The van der Waals surface area contributed by atoms with Crippen LogP contribution in [0, 0.1) is 0 Å². The van der Waals surface area contributed by atoms with Crippen LogP contribution in [-0.4, -0.2) is 40.6 Å². The number of alkyl halides is 1. The van der Waals surface area contributed by atoms with E-state index >= 15 is 0 Å². The number of likely N-dealkylation sites (N-methyl/N-ethyl adjacent to an activating group) is 1. The summed E-state index contributed by atoms with van der Waals surface area (Å²) in [5, 5.41) is 6.05. The van der Waals surface area contributed by atoms with Gasteiger partial charge >= 0.3 is 0 Å². The van der Waals surface area contributed by atoms with Crippen molar-refractivity contribution in [1.82, 2.24) is 4.90 Å². The number of methoxy groups -OCH3 is 1. The lowest BCUT2D eigenvalue weighted by atomic mass is 9.91. The Morgan fingerprint density at radius 3 is 2.41 bits per heavy atom. The van der Waals surface area contributed by atoms with E-state index in [-0.39, 0.29) is 16.7 Å². The fourth-order valence-corrected chi connectivity index (χ4v) is 5.46. The van der Waals surface area contributed by atoms with Gasteiger partial charge in [0.25, 0.3) is 0 Å². The van der Waals surface area contributed by atoms with Crippen molar-refractivity contribution < 1.29 is 17.9 Å². The van der Waals surface area contributed by atoms with Crippen LogP contribution in [0.3, 0.4) is 0 Å². The number of hydrogen-bond acceptors (Lipinski definition) is 5. The maximum absolute atomic E-state index is 12.1. The molecule has 1 heterocycles. The van der Waals surface area contributed by atoms with Gasteiger partial charge in [0.1, 0.15) is 16.4 Å². The molecule has 1 aliphatic rings. The highest BCUT2D eigenvalue weighted by Crippen LogP contribution is 2.50. The standard InChI is InChI=1S/C18H20ClIN2O4S/c1-22(2)16-10-13-14(25-3)8-9-15(27(21,23)24)17(13)26-18(16,20)11-4-6-12(19)7-5-11/h4-9,16H,10H2,1-3H3,(H2,21,23,24). The number of sulfonamides is 1. The highest BCUT2D eigenvalue weighted by molar-refractivity contribution is 14.1. The molecule has 0 fully saturated rings. The van der Waals surface area contributed by atoms with Crippen LogP contribution in [0.2, 0.25) is 5.02 Å². The van der Waals surface area contributed by atoms with Gasteiger partial charge in [-0.05, 0) is 61.0 Å². The Morgan fingerprint density at radius 2 is 1.89 bits per heavy atom. The molecule has 0 saturated carbocycles. The highest BCUT2D eigenvalue weighted by atomic mass is 127. The topological polar surface area (TPSA) is 81.9 Å². The van der Waals surface area contributed by atoms with Crippen molar-refractivity contribution in [1.29, 1.82) is 0 Å². The lowest BCUT2D eigenvalue weighted by Crippen LogP contribution is -2.51. The predicted molar refractivity (Wildman–Crippen MR) is 113 cm³/mol. The van der Waals surface area contributed by atoms with Gasteiger partial charge in [0, 0.05) is 22.6 Å². The molecule has 2 unspecified atom stereocenters. The van der Waals surface area contributed by atoms with Gasteiger partial charge in [-0.15, -0.1) is 0 Å². The van der Waals surface area contributed by atoms with E-state index in [9.17, 15) is 8.42 Å². The minimum atomic E-state index is -3.96. The molecule has 0 saturated heterocycles.